The van der Waals surface area contributed by atoms with Crippen molar-refractivity contribution in [2.24, 2.45) is 0 Å². The van der Waals surface area contributed by atoms with Crippen molar-refractivity contribution < 1.29 is 14.3 Å². The van der Waals surface area contributed by atoms with Crippen LogP contribution >= 0.6 is 0 Å². The van der Waals surface area contributed by atoms with Gasteiger partial charge in [0, 0.05) is 13.2 Å². The summed E-state index contributed by atoms with van der Waals surface area (Å²) in [6.07, 6.45) is 2.57. The molecule has 1 aromatic carbocycles. The summed E-state index contributed by atoms with van der Waals surface area (Å²) in [5, 5.41) is 0. The van der Waals surface area contributed by atoms with Crippen molar-refractivity contribution in [2.75, 3.05) is 26.4 Å². The first-order chi connectivity index (χ1) is 8.90. The van der Waals surface area contributed by atoms with E-state index >= 15 is 0 Å². The van der Waals surface area contributed by atoms with Crippen LogP contribution in [0, 0.1) is 0 Å². The van der Waals surface area contributed by atoms with Gasteiger partial charge in [0.2, 0.25) is 6.41 Å². The third-order valence-corrected chi connectivity index (χ3v) is 3.02. The first kappa shape index (κ1) is 13.1. The molecular formula is C14H19NO3. The van der Waals surface area contributed by atoms with Crippen LogP contribution in [0.1, 0.15) is 12.0 Å². The number of ether oxygens (including phenoxy) is 2. The smallest absolute Gasteiger partial charge is 0.211 e. The van der Waals surface area contributed by atoms with E-state index in [2.05, 4.69) is 12.1 Å². The molecule has 0 radical (unpaired) electrons. The number of hydrogen-bond donors (Lipinski definition) is 0. The molecule has 1 fully saturated rings. The van der Waals surface area contributed by atoms with Crippen molar-refractivity contribution >= 4 is 6.41 Å². The van der Waals surface area contributed by atoms with Crippen LogP contribution in [0.3, 0.4) is 0 Å². The van der Waals surface area contributed by atoms with Gasteiger partial charge in [0.15, 0.2) is 6.23 Å². The second-order valence-electron chi connectivity index (χ2n) is 4.33. The fourth-order valence-corrected chi connectivity index (χ4v) is 2.00. The van der Waals surface area contributed by atoms with E-state index in [1.165, 1.54) is 5.56 Å². The average molecular weight is 249 g/mol. The Kier molecular flexibility index (Phi) is 5.17. The van der Waals surface area contributed by atoms with Gasteiger partial charge in [-0.3, -0.25) is 4.79 Å². The molecule has 18 heavy (non-hydrogen) atoms. The quantitative estimate of drug-likeness (QED) is 0.566. The highest BCUT2D eigenvalue weighted by Gasteiger charge is 2.21. The Morgan fingerprint density at radius 2 is 2.22 bits per heavy atom. The van der Waals surface area contributed by atoms with E-state index in [1.807, 2.05) is 18.2 Å². The SMILES string of the molecule is O=CN1CCOCC1OCCCc1ccccc1. The van der Waals surface area contributed by atoms with E-state index in [0.717, 1.165) is 19.3 Å². The normalized spacial score (nSPS) is 19.8. The van der Waals surface area contributed by atoms with E-state index in [9.17, 15) is 4.79 Å². The van der Waals surface area contributed by atoms with Gasteiger partial charge in [-0.25, -0.2) is 0 Å². The second kappa shape index (κ2) is 7.13. The number of hydrogen-bond acceptors (Lipinski definition) is 3. The standard InChI is InChI=1S/C14H19NO3/c16-12-15-8-10-17-11-14(15)18-9-4-7-13-5-2-1-3-6-13/h1-3,5-6,12,14H,4,7-11H2. The lowest BCUT2D eigenvalue weighted by Crippen LogP contribution is -2.46. The van der Waals surface area contributed by atoms with Crippen LogP contribution in [0.5, 0.6) is 0 Å². The van der Waals surface area contributed by atoms with Gasteiger partial charge >= 0.3 is 0 Å². The van der Waals surface area contributed by atoms with Gasteiger partial charge in [0.25, 0.3) is 0 Å². The molecule has 0 spiro atoms. The highest BCUT2D eigenvalue weighted by molar-refractivity contribution is 5.47. The van der Waals surface area contributed by atoms with Gasteiger partial charge in [-0.05, 0) is 18.4 Å². The van der Waals surface area contributed by atoms with Gasteiger partial charge in [-0.1, -0.05) is 30.3 Å². The average Bonchev–Trinajstić information content (AvgIpc) is 2.45. The van der Waals surface area contributed by atoms with Gasteiger partial charge in [0.05, 0.1) is 13.2 Å². The zero-order valence-electron chi connectivity index (χ0n) is 10.5. The molecule has 1 aliphatic rings. The van der Waals surface area contributed by atoms with E-state index in [1.54, 1.807) is 4.90 Å². The third kappa shape index (κ3) is 3.82. The molecule has 1 amide bonds. The lowest BCUT2D eigenvalue weighted by Gasteiger charge is -2.32. The van der Waals surface area contributed by atoms with E-state index in [-0.39, 0.29) is 6.23 Å². The zero-order chi connectivity index (χ0) is 12.6. The van der Waals surface area contributed by atoms with E-state index in [4.69, 9.17) is 9.47 Å². The Bertz CT molecular complexity index is 355. The molecule has 4 nitrogen and oxygen atoms in total. The maximum Gasteiger partial charge on any atom is 0.211 e. The van der Waals surface area contributed by atoms with Crippen LogP contribution in [0.2, 0.25) is 0 Å². The number of rotatable bonds is 6. The molecule has 1 unspecified atom stereocenters. The maximum absolute atomic E-state index is 10.8. The predicted molar refractivity (Wildman–Crippen MR) is 68.1 cm³/mol. The molecule has 1 saturated heterocycles. The molecule has 0 N–H and O–H groups in total. The van der Waals surface area contributed by atoms with Crippen LogP contribution in [0.15, 0.2) is 30.3 Å². The van der Waals surface area contributed by atoms with Crippen LogP contribution < -0.4 is 0 Å². The second-order valence-corrected chi connectivity index (χ2v) is 4.33. The minimum atomic E-state index is -0.216. The molecular weight excluding hydrogens is 230 g/mol. The molecule has 98 valence electrons. The Labute approximate surface area is 107 Å². The fraction of sp³-hybridized carbons (Fsp3) is 0.500. The van der Waals surface area contributed by atoms with Crippen molar-refractivity contribution in [3.63, 3.8) is 0 Å². The molecule has 1 heterocycles. The first-order valence-corrected chi connectivity index (χ1v) is 6.34. The Morgan fingerprint density at radius 1 is 1.39 bits per heavy atom. The van der Waals surface area contributed by atoms with E-state index < -0.39 is 0 Å². The molecule has 2 rings (SSSR count). The van der Waals surface area contributed by atoms with Crippen molar-refractivity contribution in [2.45, 2.75) is 19.1 Å². The first-order valence-electron chi connectivity index (χ1n) is 6.34. The topological polar surface area (TPSA) is 38.8 Å². The number of carbonyl (C=O) groups is 1. The van der Waals surface area contributed by atoms with E-state index in [0.29, 0.717) is 26.4 Å². The minimum absolute atomic E-state index is 0.216. The zero-order valence-corrected chi connectivity index (χ0v) is 10.5. The molecule has 0 aromatic heterocycles. The Hall–Kier alpha value is -1.39. The maximum atomic E-state index is 10.8. The number of nitrogens with zero attached hydrogens (tertiary/aromatic N) is 1. The number of benzene rings is 1. The largest absolute Gasteiger partial charge is 0.375 e. The van der Waals surface area contributed by atoms with Gasteiger partial charge < -0.3 is 14.4 Å². The molecule has 0 saturated carbocycles. The highest BCUT2D eigenvalue weighted by atomic mass is 16.5. The lowest BCUT2D eigenvalue weighted by atomic mass is 10.1. The highest BCUT2D eigenvalue weighted by Crippen LogP contribution is 2.08. The molecule has 1 atom stereocenters. The summed E-state index contributed by atoms with van der Waals surface area (Å²) in [6, 6.07) is 10.3. The number of carbonyl (C=O) groups excluding carboxylic acids is 1. The van der Waals surface area contributed by atoms with Gasteiger partial charge in [-0.15, -0.1) is 0 Å². The number of aryl methyl sites for hydroxylation is 1. The summed E-state index contributed by atoms with van der Waals surface area (Å²) in [5.74, 6) is 0. The van der Waals surface area contributed by atoms with Crippen LogP contribution in [-0.4, -0.2) is 43.9 Å². The molecule has 0 bridgehead atoms. The lowest BCUT2D eigenvalue weighted by molar-refractivity contribution is -0.156. The summed E-state index contributed by atoms with van der Waals surface area (Å²) in [5.41, 5.74) is 1.31. The van der Waals surface area contributed by atoms with Crippen molar-refractivity contribution in [3.05, 3.63) is 35.9 Å². The Balaban J connectivity index is 1.67. The minimum Gasteiger partial charge on any atom is -0.375 e. The van der Waals surface area contributed by atoms with Crippen molar-refractivity contribution in [3.8, 4) is 0 Å². The third-order valence-electron chi connectivity index (χ3n) is 3.02. The summed E-state index contributed by atoms with van der Waals surface area (Å²) in [6.45, 7) is 2.34. The van der Waals surface area contributed by atoms with Crippen molar-refractivity contribution in [1.29, 1.82) is 0 Å². The van der Waals surface area contributed by atoms with Crippen LogP contribution in [-0.2, 0) is 20.7 Å². The number of amides is 1. The predicted octanol–water partition coefficient (Wildman–Crippen LogP) is 1.45. The molecule has 1 aliphatic heterocycles. The monoisotopic (exact) mass is 249 g/mol. The summed E-state index contributed by atoms with van der Waals surface area (Å²) in [4.78, 5) is 12.5. The van der Waals surface area contributed by atoms with Crippen LogP contribution in [0.25, 0.3) is 0 Å². The molecule has 0 aliphatic carbocycles. The summed E-state index contributed by atoms with van der Waals surface area (Å²) < 4.78 is 11.0. The summed E-state index contributed by atoms with van der Waals surface area (Å²) in [7, 11) is 0. The molecule has 4 heteroatoms. The van der Waals surface area contributed by atoms with Gasteiger partial charge in [0.1, 0.15) is 0 Å². The molecule has 1 aromatic rings. The van der Waals surface area contributed by atoms with Gasteiger partial charge in [-0.2, -0.15) is 0 Å². The fourth-order valence-electron chi connectivity index (χ4n) is 2.00. The number of morpholine rings is 1. The summed E-state index contributed by atoms with van der Waals surface area (Å²) >= 11 is 0. The van der Waals surface area contributed by atoms with Crippen LogP contribution in [0.4, 0.5) is 0 Å². The Morgan fingerprint density at radius 3 is 3.00 bits per heavy atom. The van der Waals surface area contributed by atoms with Crippen molar-refractivity contribution in [1.82, 2.24) is 4.90 Å².